The van der Waals surface area contributed by atoms with Gasteiger partial charge in [0.15, 0.2) is 6.04 Å². The molecule has 0 saturated heterocycles. The van der Waals surface area contributed by atoms with E-state index in [-0.39, 0.29) is 11.9 Å². The Morgan fingerprint density at radius 3 is 2.44 bits per heavy atom. The number of rotatable bonds is 2. The summed E-state index contributed by atoms with van der Waals surface area (Å²) in [5.41, 5.74) is 5.58. The number of nitrogens with one attached hydrogen (secondary N) is 1. The van der Waals surface area contributed by atoms with E-state index in [2.05, 4.69) is 11.1 Å². The third-order valence-corrected chi connectivity index (χ3v) is 1.85. The number of hydrogen-bond acceptors (Lipinski definition) is 2. The van der Waals surface area contributed by atoms with Gasteiger partial charge in [0.25, 0.3) is 5.91 Å². The van der Waals surface area contributed by atoms with Crippen molar-refractivity contribution in [2.45, 2.75) is 19.9 Å². The highest BCUT2D eigenvalue weighted by Gasteiger charge is 2.10. The topological polar surface area (TPSA) is 94.0 Å². The largest absolute Gasteiger partial charge is 0.665 e. The SMILES string of the molecule is Cc1ccccc1NC(=O)C(C)[NH3+].O=[C-]O. The first-order valence-corrected chi connectivity index (χ1v) is 4.73. The second-order valence-electron chi connectivity index (χ2n) is 3.30. The Labute approximate surface area is 94.3 Å². The molecule has 1 rings (SSSR count). The van der Waals surface area contributed by atoms with E-state index in [1.54, 1.807) is 6.92 Å². The molecule has 0 aliphatic heterocycles. The molecule has 16 heavy (non-hydrogen) atoms. The third kappa shape index (κ3) is 5.11. The van der Waals surface area contributed by atoms with Crippen LogP contribution < -0.4 is 11.1 Å². The van der Waals surface area contributed by atoms with Crippen LogP contribution in [0.4, 0.5) is 5.69 Å². The molecule has 1 amide bonds. The Balaban J connectivity index is 0.000000673. The lowest BCUT2D eigenvalue weighted by atomic mass is 10.2. The molecule has 0 fully saturated rings. The molecule has 0 radical (unpaired) electrons. The van der Waals surface area contributed by atoms with Gasteiger partial charge in [-0.3, -0.25) is 4.79 Å². The van der Waals surface area contributed by atoms with Crippen molar-refractivity contribution in [3.63, 3.8) is 0 Å². The maximum atomic E-state index is 11.3. The van der Waals surface area contributed by atoms with E-state index < -0.39 is 0 Å². The molecule has 1 atom stereocenters. The number of carbonyl (C=O) groups excluding carboxylic acids is 1. The average Bonchev–Trinajstić information content (AvgIpc) is 2.22. The van der Waals surface area contributed by atoms with Gasteiger partial charge < -0.3 is 21.0 Å². The molecule has 0 saturated carbocycles. The van der Waals surface area contributed by atoms with E-state index in [9.17, 15) is 4.79 Å². The standard InChI is InChI=1S/C10H14N2O.CHO2/c1-7-5-3-4-6-9(7)12-10(13)8(2)11;2-1-3/h3-6,8H,11H2,1-2H3,(H,12,13);(H,2,3)/q;-1/p+1. The first-order valence-electron chi connectivity index (χ1n) is 4.73. The van der Waals surface area contributed by atoms with Crippen molar-refractivity contribution in [1.82, 2.24) is 0 Å². The molecule has 1 unspecified atom stereocenters. The number of carbonyl (C=O) groups is 1. The molecular formula is C11H16N2O3. The second-order valence-corrected chi connectivity index (χ2v) is 3.30. The zero-order valence-corrected chi connectivity index (χ0v) is 9.36. The molecule has 0 bridgehead atoms. The average molecular weight is 224 g/mol. The molecule has 0 heterocycles. The Hall–Kier alpha value is -1.88. The molecule has 1 aromatic carbocycles. The van der Waals surface area contributed by atoms with Crippen LogP contribution in [0.2, 0.25) is 0 Å². The fourth-order valence-electron chi connectivity index (χ4n) is 0.969. The van der Waals surface area contributed by atoms with Gasteiger partial charge in [-0.1, -0.05) is 24.7 Å². The zero-order valence-electron chi connectivity index (χ0n) is 9.36. The highest BCUT2D eigenvalue weighted by atomic mass is 16.3. The van der Waals surface area contributed by atoms with Crippen molar-refractivity contribution >= 4 is 18.1 Å². The second kappa shape index (κ2) is 7.42. The summed E-state index contributed by atoms with van der Waals surface area (Å²) in [6.45, 7) is 4.23. The molecule has 1 aromatic rings. The van der Waals surface area contributed by atoms with Gasteiger partial charge in [-0.15, -0.1) is 0 Å². The fourth-order valence-corrected chi connectivity index (χ4v) is 0.969. The van der Waals surface area contributed by atoms with Crippen LogP contribution in [-0.4, -0.2) is 23.5 Å². The van der Waals surface area contributed by atoms with Crippen molar-refractivity contribution < 1.29 is 20.4 Å². The molecule has 88 valence electrons. The molecule has 5 heteroatoms. The first kappa shape index (κ1) is 14.1. The fraction of sp³-hybridized carbons (Fsp3) is 0.273. The summed E-state index contributed by atoms with van der Waals surface area (Å²) in [6, 6.07) is 7.47. The van der Waals surface area contributed by atoms with Gasteiger partial charge in [0.2, 0.25) is 0 Å². The number of benzene rings is 1. The van der Waals surface area contributed by atoms with Crippen LogP contribution >= 0.6 is 0 Å². The molecule has 0 spiro atoms. The summed E-state index contributed by atoms with van der Waals surface area (Å²) >= 11 is 0. The molecule has 0 aliphatic rings. The van der Waals surface area contributed by atoms with Gasteiger partial charge in [-0.25, -0.2) is 0 Å². The normalized spacial score (nSPS) is 10.7. The van der Waals surface area contributed by atoms with Crippen LogP contribution in [0.1, 0.15) is 12.5 Å². The molecule has 0 aromatic heterocycles. The number of aliphatic hydroxyl groups excluding tert-OH is 1. The minimum atomic E-state index is -0.223. The van der Waals surface area contributed by atoms with Crippen molar-refractivity contribution in [3.8, 4) is 0 Å². The van der Waals surface area contributed by atoms with E-state index in [4.69, 9.17) is 9.90 Å². The Morgan fingerprint density at radius 2 is 2.00 bits per heavy atom. The zero-order chi connectivity index (χ0) is 12.6. The van der Waals surface area contributed by atoms with Gasteiger partial charge in [0, 0.05) is 5.69 Å². The van der Waals surface area contributed by atoms with E-state index in [1.807, 2.05) is 31.2 Å². The van der Waals surface area contributed by atoms with Crippen LogP contribution in [0.5, 0.6) is 0 Å². The molecule has 5 N–H and O–H groups in total. The Kier molecular flexibility index (Phi) is 6.55. The number of quaternary nitrogens is 1. The molecular weight excluding hydrogens is 208 g/mol. The summed E-state index contributed by atoms with van der Waals surface area (Å²) in [6.07, 6.45) is 0. The highest BCUT2D eigenvalue weighted by Crippen LogP contribution is 2.12. The van der Waals surface area contributed by atoms with Crippen molar-refractivity contribution in [3.05, 3.63) is 29.8 Å². The van der Waals surface area contributed by atoms with E-state index in [0.29, 0.717) is 6.47 Å². The predicted molar refractivity (Wildman–Crippen MR) is 60.5 cm³/mol. The van der Waals surface area contributed by atoms with Crippen molar-refractivity contribution in [2.75, 3.05) is 5.32 Å². The third-order valence-electron chi connectivity index (χ3n) is 1.85. The van der Waals surface area contributed by atoms with Gasteiger partial charge in [-0.05, 0) is 25.5 Å². The van der Waals surface area contributed by atoms with Crippen LogP contribution in [0, 0.1) is 6.92 Å². The van der Waals surface area contributed by atoms with Gasteiger partial charge in [0.05, 0.1) is 0 Å². The maximum absolute atomic E-state index is 11.3. The summed E-state index contributed by atoms with van der Waals surface area (Å²) in [5.74, 6) is -0.0469. The molecule has 0 aliphatic carbocycles. The number of aryl methyl sites for hydroxylation is 1. The summed E-state index contributed by atoms with van der Waals surface area (Å²) in [4.78, 5) is 19.5. The number of amides is 1. The lowest BCUT2D eigenvalue weighted by Gasteiger charge is -2.07. The Bertz CT molecular complexity index is 351. The quantitative estimate of drug-likeness (QED) is 0.625. The first-order chi connectivity index (χ1) is 7.52. The van der Waals surface area contributed by atoms with Gasteiger partial charge in [-0.2, -0.15) is 0 Å². The van der Waals surface area contributed by atoms with Gasteiger partial charge in [0.1, 0.15) is 0 Å². The van der Waals surface area contributed by atoms with Crippen LogP contribution in [0.25, 0.3) is 0 Å². The smallest absolute Gasteiger partial charge is 0.282 e. The Morgan fingerprint density at radius 1 is 1.50 bits per heavy atom. The van der Waals surface area contributed by atoms with Crippen LogP contribution in [-0.2, 0) is 9.59 Å². The predicted octanol–water partition coefficient (Wildman–Crippen LogP) is 0.176. The minimum Gasteiger partial charge on any atom is -0.665 e. The van der Waals surface area contributed by atoms with E-state index in [1.165, 1.54) is 0 Å². The molecule has 5 nitrogen and oxygen atoms in total. The van der Waals surface area contributed by atoms with Crippen LogP contribution in [0.3, 0.4) is 0 Å². The summed E-state index contributed by atoms with van der Waals surface area (Å²) < 4.78 is 0. The van der Waals surface area contributed by atoms with Gasteiger partial charge >= 0.3 is 0 Å². The van der Waals surface area contributed by atoms with Crippen LogP contribution in [0.15, 0.2) is 24.3 Å². The van der Waals surface area contributed by atoms with Crippen molar-refractivity contribution in [2.24, 2.45) is 0 Å². The van der Waals surface area contributed by atoms with Crippen molar-refractivity contribution in [1.29, 1.82) is 0 Å². The number of anilines is 1. The highest BCUT2D eigenvalue weighted by molar-refractivity contribution is 5.94. The maximum Gasteiger partial charge on any atom is 0.282 e. The van der Waals surface area contributed by atoms with E-state index in [0.717, 1.165) is 11.3 Å². The summed E-state index contributed by atoms with van der Waals surface area (Å²) in [7, 11) is 0. The van der Waals surface area contributed by atoms with E-state index >= 15 is 0 Å². The lowest BCUT2D eigenvalue weighted by Crippen LogP contribution is -2.64. The number of para-hydroxylation sites is 1. The summed E-state index contributed by atoms with van der Waals surface area (Å²) in [5, 5.41) is 9.57. The minimum absolute atomic E-state index is 0.0469. The lowest BCUT2D eigenvalue weighted by molar-refractivity contribution is -0.396. The number of hydrogen-bond donors (Lipinski definition) is 3. The monoisotopic (exact) mass is 224 g/mol.